The smallest absolute Gasteiger partial charge is 0.231 e. The van der Waals surface area contributed by atoms with Crippen molar-refractivity contribution < 1.29 is 14.0 Å². The molecule has 0 spiro atoms. The number of hydrogen-bond acceptors (Lipinski definition) is 6. The number of benzene rings is 1. The van der Waals surface area contributed by atoms with Crippen molar-refractivity contribution in [3.05, 3.63) is 41.5 Å². The fourth-order valence-corrected chi connectivity index (χ4v) is 2.54. The van der Waals surface area contributed by atoms with Crippen molar-refractivity contribution in [2.45, 2.75) is 24.9 Å². The normalized spacial score (nSPS) is 17.8. The monoisotopic (exact) mass is 289 g/mol. The van der Waals surface area contributed by atoms with Gasteiger partial charge < -0.3 is 19.7 Å². The maximum Gasteiger partial charge on any atom is 0.231 e. The zero-order valence-electron chi connectivity index (χ0n) is 12.0. The SMILES string of the molecule is COC1(c2noc(Cc3ccc(N)cc3)n2)CCOCC1. The van der Waals surface area contributed by atoms with Crippen LogP contribution in [0.2, 0.25) is 0 Å². The van der Waals surface area contributed by atoms with Gasteiger partial charge in [-0.05, 0) is 17.7 Å². The molecule has 0 saturated carbocycles. The number of anilines is 1. The van der Waals surface area contributed by atoms with E-state index in [4.69, 9.17) is 19.7 Å². The second kappa shape index (κ2) is 5.83. The molecule has 0 amide bonds. The van der Waals surface area contributed by atoms with Crippen molar-refractivity contribution >= 4 is 5.69 Å². The maximum atomic E-state index is 5.68. The Morgan fingerprint density at radius 1 is 1.24 bits per heavy atom. The highest BCUT2D eigenvalue weighted by Crippen LogP contribution is 2.33. The quantitative estimate of drug-likeness (QED) is 0.865. The minimum absolute atomic E-state index is 0.485. The van der Waals surface area contributed by atoms with Gasteiger partial charge in [0.2, 0.25) is 11.7 Å². The van der Waals surface area contributed by atoms with Crippen molar-refractivity contribution in [3.8, 4) is 0 Å². The average Bonchev–Trinajstić information content (AvgIpc) is 2.99. The Labute approximate surface area is 123 Å². The van der Waals surface area contributed by atoms with E-state index in [2.05, 4.69) is 10.1 Å². The van der Waals surface area contributed by atoms with E-state index in [1.165, 1.54) is 0 Å². The van der Waals surface area contributed by atoms with Gasteiger partial charge in [0, 0.05) is 38.9 Å². The van der Waals surface area contributed by atoms with Gasteiger partial charge in [-0.2, -0.15) is 4.98 Å². The molecule has 21 heavy (non-hydrogen) atoms. The summed E-state index contributed by atoms with van der Waals surface area (Å²) in [5.74, 6) is 1.19. The molecule has 1 fully saturated rings. The van der Waals surface area contributed by atoms with Crippen LogP contribution in [-0.4, -0.2) is 30.5 Å². The molecule has 2 N–H and O–H groups in total. The van der Waals surface area contributed by atoms with E-state index >= 15 is 0 Å². The maximum absolute atomic E-state index is 5.68. The highest BCUT2D eigenvalue weighted by molar-refractivity contribution is 5.39. The molecular formula is C15H19N3O3. The summed E-state index contributed by atoms with van der Waals surface area (Å²) in [5, 5.41) is 4.11. The van der Waals surface area contributed by atoms with Gasteiger partial charge in [0.05, 0.1) is 6.42 Å². The van der Waals surface area contributed by atoms with Crippen LogP contribution in [0.3, 0.4) is 0 Å². The van der Waals surface area contributed by atoms with Crippen molar-refractivity contribution in [3.63, 3.8) is 0 Å². The summed E-state index contributed by atoms with van der Waals surface area (Å²) in [6.45, 7) is 1.30. The van der Waals surface area contributed by atoms with Gasteiger partial charge >= 0.3 is 0 Å². The molecule has 1 aliphatic heterocycles. The Hall–Kier alpha value is -1.92. The number of rotatable bonds is 4. The molecule has 0 bridgehead atoms. The zero-order chi connectivity index (χ0) is 14.7. The first-order valence-corrected chi connectivity index (χ1v) is 7.02. The van der Waals surface area contributed by atoms with E-state index in [-0.39, 0.29) is 0 Å². The van der Waals surface area contributed by atoms with E-state index in [1.807, 2.05) is 24.3 Å². The van der Waals surface area contributed by atoms with E-state index in [9.17, 15) is 0 Å². The minimum atomic E-state index is -0.485. The van der Waals surface area contributed by atoms with Crippen molar-refractivity contribution in [1.82, 2.24) is 10.1 Å². The largest absolute Gasteiger partial charge is 0.399 e. The van der Waals surface area contributed by atoms with Gasteiger partial charge in [-0.25, -0.2) is 0 Å². The van der Waals surface area contributed by atoms with E-state index < -0.39 is 5.60 Å². The summed E-state index contributed by atoms with van der Waals surface area (Å²) in [6.07, 6.45) is 2.07. The first-order valence-electron chi connectivity index (χ1n) is 7.02. The van der Waals surface area contributed by atoms with Crippen molar-refractivity contribution in [2.75, 3.05) is 26.1 Å². The summed E-state index contributed by atoms with van der Waals surface area (Å²) in [7, 11) is 1.68. The van der Waals surface area contributed by atoms with Gasteiger partial charge in [0.25, 0.3) is 0 Å². The molecule has 1 aromatic heterocycles. The molecule has 6 heteroatoms. The second-order valence-electron chi connectivity index (χ2n) is 5.24. The molecule has 1 saturated heterocycles. The summed E-state index contributed by atoms with van der Waals surface area (Å²) in [5.41, 5.74) is 7.01. The number of aromatic nitrogens is 2. The molecule has 6 nitrogen and oxygen atoms in total. The van der Waals surface area contributed by atoms with Gasteiger partial charge in [0.15, 0.2) is 0 Å². The summed E-state index contributed by atoms with van der Waals surface area (Å²) in [6, 6.07) is 7.64. The van der Waals surface area contributed by atoms with Gasteiger partial charge in [-0.1, -0.05) is 17.3 Å². The fourth-order valence-electron chi connectivity index (χ4n) is 2.54. The molecule has 3 rings (SSSR count). The number of nitrogens with zero attached hydrogens (tertiary/aromatic N) is 2. The van der Waals surface area contributed by atoms with Crippen molar-refractivity contribution in [1.29, 1.82) is 0 Å². The van der Waals surface area contributed by atoms with Crippen LogP contribution in [0, 0.1) is 0 Å². The highest BCUT2D eigenvalue weighted by atomic mass is 16.5. The predicted octanol–water partition coefficient (Wildman–Crippen LogP) is 1.89. The molecule has 0 radical (unpaired) electrons. The lowest BCUT2D eigenvalue weighted by Gasteiger charge is -2.32. The molecule has 0 unspecified atom stereocenters. The lowest BCUT2D eigenvalue weighted by molar-refractivity contribution is -0.101. The average molecular weight is 289 g/mol. The Balaban J connectivity index is 1.77. The van der Waals surface area contributed by atoms with E-state index in [1.54, 1.807) is 7.11 Å². The van der Waals surface area contributed by atoms with Crippen LogP contribution in [0.5, 0.6) is 0 Å². The van der Waals surface area contributed by atoms with Gasteiger partial charge in [-0.3, -0.25) is 0 Å². The minimum Gasteiger partial charge on any atom is -0.399 e. The van der Waals surface area contributed by atoms with Crippen LogP contribution in [0.4, 0.5) is 5.69 Å². The van der Waals surface area contributed by atoms with Crippen molar-refractivity contribution in [2.24, 2.45) is 0 Å². The Bertz CT molecular complexity index is 588. The molecule has 2 heterocycles. The Morgan fingerprint density at radius 3 is 2.62 bits per heavy atom. The first kappa shape index (κ1) is 14.0. The van der Waals surface area contributed by atoms with Crippen LogP contribution in [-0.2, 0) is 21.5 Å². The Morgan fingerprint density at radius 2 is 1.95 bits per heavy atom. The Kier molecular flexibility index (Phi) is 3.90. The van der Waals surface area contributed by atoms with Crippen LogP contribution in [0.15, 0.2) is 28.8 Å². The second-order valence-corrected chi connectivity index (χ2v) is 5.24. The molecule has 0 aliphatic carbocycles. The molecule has 1 aliphatic rings. The van der Waals surface area contributed by atoms with Gasteiger partial charge in [-0.15, -0.1) is 0 Å². The van der Waals surface area contributed by atoms with Crippen LogP contribution >= 0.6 is 0 Å². The zero-order valence-corrected chi connectivity index (χ0v) is 12.0. The number of methoxy groups -OCH3 is 1. The number of nitrogens with two attached hydrogens (primary N) is 1. The lowest BCUT2D eigenvalue weighted by atomic mass is 9.93. The summed E-state index contributed by atoms with van der Waals surface area (Å²) in [4.78, 5) is 4.51. The van der Waals surface area contributed by atoms with Gasteiger partial charge in [0.1, 0.15) is 5.60 Å². The standard InChI is InChI=1S/C15H19N3O3/c1-19-15(6-8-20-9-7-15)14-17-13(21-18-14)10-11-2-4-12(16)5-3-11/h2-5H,6-10,16H2,1H3. The van der Waals surface area contributed by atoms with Crippen LogP contribution in [0.25, 0.3) is 0 Å². The third-order valence-corrected chi connectivity index (χ3v) is 3.90. The molecule has 1 aromatic carbocycles. The summed E-state index contributed by atoms with van der Waals surface area (Å²) < 4.78 is 16.4. The number of ether oxygens (including phenoxy) is 2. The molecule has 0 atom stereocenters. The third kappa shape index (κ3) is 2.91. The molecule has 2 aromatic rings. The highest BCUT2D eigenvalue weighted by Gasteiger charge is 2.39. The summed E-state index contributed by atoms with van der Waals surface area (Å²) >= 11 is 0. The molecule has 112 valence electrons. The van der Waals surface area contributed by atoms with Crippen LogP contribution < -0.4 is 5.73 Å². The fraction of sp³-hybridized carbons (Fsp3) is 0.467. The topological polar surface area (TPSA) is 83.4 Å². The van der Waals surface area contributed by atoms with E-state index in [0.717, 1.165) is 24.1 Å². The number of nitrogen functional groups attached to an aromatic ring is 1. The first-order chi connectivity index (χ1) is 10.2. The third-order valence-electron chi connectivity index (χ3n) is 3.90. The predicted molar refractivity (Wildman–Crippen MR) is 76.7 cm³/mol. The molecular weight excluding hydrogens is 270 g/mol. The lowest BCUT2D eigenvalue weighted by Crippen LogP contribution is -2.36. The van der Waals surface area contributed by atoms with Crippen LogP contribution in [0.1, 0.15) is 30.1 Å². The van der Waals surface area contributed by atoms with E-state index in [0.29, 0.717) is 31.3 Å². The number of hydrogen-bond donors (Lipinski definition) is 1.